The van der Waals surface area contributed by atoms with Crippen molar-refractivity contribution in [2.75, 3.05) is 39.3 Å². The molecule has 0 aromatic heterocycles. The minimum atomic E-state index is 0.709. The van der Waals surface area contributed by atoms with Gasteiger partial charge in [0.15, 0.2) is 0 Å². The first-order valence-corrected chi connectivity index (χ1v) is 9.62. The Morgan fingerprint density at radius 2 is 1.23 bits per heavy atom. The molecule has 0 atom stereocenters. The second-order valence-corrected chi connectivity index (χ2v) is 6.62. The molecule has 3 rings (SSSR count). The highest BCUT2D eigenvalue weighted by Gasteiger charge is 2.06. The Labute approximate surface area is 156 Å². The number of benzene rings is 3. The Balaban J connectivity index is 1.52. The van der Waals surface area contributed by atoms with E-state index in [1.807, 2.05) is 0 Å². The van der Waals surface area contributed by atoms with Crippen molar-refractivity contribution in [1.82, 2.24) is 16.0 Å². The maximum absolute atomic E-state index is 5.46. The lowest BCUT2D eigenvalue weighted by Gasteiger charge is -2.13. The molecule has 0 unspecified atom stereocenters. The Kier molecular flexibility index (Phi) is 7.40. The summed E-state index contributed by atoms with van der Waals surface area (Å²) < 4.78 is 0. The van der Waals surface area contributed by atoms with Crippen LogP contribution in [0.2, 0.25) is 0 Å². The minimum absolute atomic E-state index is 0.709. The summed E-state index contributed by atoms with van der Waals surface area (Å²) >= 11 is 0. The van der Waals surface area contributed by atoms with Crippen molar-refractivity contribution in [1.29, 1.82) is 0 Å². The first kappa shape index (κ1) is 18.8. The molecule has 138 valence electrons. The van der Waals surface area contributed by atoms with Gasteiger partial charge in [0, 0.05) is 32.7 Å². The second kappa shape index (κ2) is 10.2. The highest BCUT2D eigenvalue weighted by atomic mass is 14.9. The smallest absolute Gasteiger partial charge is 0.0218 e. The summed E-state index contributed by atoms with van der Waals surface area (Å²) in [7, 11) is 0. The van der Waals surface area contributed by atoms with Crippen LogP contribution in [0.1, 0.15) is 12.0 Å². The normalized spacial score (nSPS) is 11.4. The molecule has 5 N–H and O–H groups in total. The third kappa shape index (κ3) is 5.02. The predicted molar refractivity (Wildman–Crippen MR) is 113 cm³/mol. The largest absolute Gasteiger partial charge is 0.329 e. The summed E-state index contributed by atoms with van der Waals surface area (Å²) in [5.74, 6) is 0. The van der Waals surface area contributed by atoms with Crippen LogP contribution in [0.15, 0.2) is 54.6 Å². The quantitative estimate of drug-likeness (QED) is 0.317. The standard InChI is InChI=1S/C22H30N4/c23-10-13-24-11-5-12-25-14-15-26-17-22-20-8-3-1-6-18(20)16-19-7-2-4-9-21(19)22/h1-4,6-9,16,24-26H,5,10-15,17,23H2. The molecule has 0 radical (unpaired) electrons. The summed E-state index contributed by atoms with van der Waals surface area (Å²) in [6.07, 6.45) is 1.13. The van der Waals surface area contributed by atoms with E-state index in [9.17, 15) is 0 Å². The molecule has 26 heavy (non-hydrogen) atoms. The Morgan fingerprint density at radius 1 is 0.654 bits per heavy atom. The zero-order chi connectivity index (χ0) is 18.0. The molecule has 0 aliphatic carbocycles. The van der Waals surface area contributed by atoms with Crippen LogP contribution in [0.4, 0.5) is 0 Å². The van der Waals surface area contributed by atoms with Crippen molar-refractivity contribution >= 4 is 21.5 Å². The van der Waals surface area contributed by atoms with Gasteiger partial charge < -0.3 is 21.7 Å². The van der Waals surface area contributed by atoms with E-state index in [0.717, 1.165) is 45.7 Å². The number of hydrogen-bond acceptors (Lipinski definition) is 4. The van der Waals surface area contributed by atoms with Crippen LogP contribution in [0.3, 0.4) is 0 Å². The highest BCUT2D eigenvalue weighted by molar-refractivity contribution is 6.02. The number of hydrogen-bond donors (Lipinski definition) is 4. The van der Waals surface area contributed by atoms with Crippen molar-refractivity contribution in [2.45, 2.75) is 13.0 Å². The van der Waals surface area contributed by atoms with Gasteiger partial charge in [-0.3, -0.25) is 0 Å². The van der Waals surface area contributed by atoms with Crippen molar-refractivity contribution < 1.29 is 0 Å². The van der Waals surface area contributed by atoms with Crippen LogP contribution in [-0.4, -0.2) is 39.3 Å². The van der Waals surface area contributed by atoms with Gasteiger partial charge in [-0.05, 0) is 52.7 Å². The predicted octanol–water partition coefficient (Wildman–Crippen LogP) is 2.61. The van der Waals surface area contributed by atoms with Crippen LogP contribution < -0.4 is 21.7 Å². The zero-order valence-corrected chi connectivity index (χ0v) is 15.4. The van der Waals surface area contributed by atoms with Gasteiger partial charge in [-0.15, -0.1) is 0 Å². The van der Waals surface area contributed by atoms with Gasteiger partial charge >= 0.3 is 0 Å². The van der Waals surface area contributed by atoms with Gasteiger partial charge in [0.1, 0.15) is 0 Å². The molecule has 3 aromatic carbocycles. The fraction of sp³-hybridized carbons (Fsp3) is 0.364. The van der Waals surface area contributed by atoms with E-state index < -0.39 is 0 Å². The molecular weight excluding hydrogens is 320 g/mol. The molecule has 0 aliphatic rings. The zero-order valence-electron chi connectivity index (χ0n) is 15.4. The molecular formula is C22H30N4. The molecule has 0 saturated carbocycles. The van der Waals surface area contributed by atoms with E-state index in [-0.39, 0.29) is 0 Å². The Bertz CT molecular complexity index is 761. The van der Waals surface area contributed by atoms with Crippen molar-refractivity contribution in [3.63, 3.8) is 0 Å². The van der Waals surface area contributed by atoms with Crippen LogP contribution >= 0.6 is 0 Å². The van der Waals surface area contributed by atoms with Crippen molar-refractivity contribution in [3.05, 3.63) is 60.2 Å². The summed E-state index contributed by atoms with van der Waals surface area (Å²) in [5.41, 5.74) is 6.85. The highest BCUT2D eigenvalue weighted by Crippen LogP contribution is 2.28. The van der Waals surface area contributed by atoms with Gasteiger partial charge in [0.2, 0.25) is 0 Å². The molecule has 3 aromatic rings. The average Bonchev–Trinajstić information content (AvgIpc) is 2.68. The number of rotatable bonds is 11. The second-order valence-electron chi connectivity index (χ2n) is 6.62. The van der Waals surface area contributed by atoms with Crippen molar-refractivity contribution in [2.24, 2.45) is 5.73 Å². The SMILES string of the molecule is NCCNCCCNCCNCc1c2ccccc2cc2ccccc12. The monoisotopic (exact) mass is 350 g/mol. The van der Waals surface area contributed by atoms with Gasteiger partial charge in [0.25, 0.3) is 0 Å². The Morgan fingerprint density at radius 3 is 1.88 bits per heavy atom. The van der Waals surface area contributed by atoms with Crippen LogP contribution in [0, 0.1) is 0 Å². The number of nitrogens with two attached hydrogens (primary N) is 1. The topological polar surface area (TPSA) is 62.1 Å². The molecule has 0 spiro atoms. The molecule has 4 nitrogen and oxygen atoms in total. The minimum Gasteiger partial charge on any atom is -0.329 e. The van der Waals surface area contributed by atoms with E-state index in [1.54, 1.807) is 0 Å². The molecule has 0 fully saturated rings. The maximum Gasteiger partial charge on any atom is 0.0218 e. The first-order valence-electron chi connectivity index (χ1n) is 9.62. The third-order valence-electron chi connectivity index (χ3n) is 4.69. The van der Waals surface area contributed by atoms with E-state index in [2.05, 4.69) is 70.5 Å². The summed E-state index contributed by atoms with van der Waals surface area (Å²) in [6, 6.07) is 19.6. The molecule has 0 amide bonds. The third-order valence-corrected chi connectivity index (χ3v) is 4.69. The average molecular weight is 351 g/mol. The summed E-state index contributed by atoms with van der Waals surface area (Å²) in [5, 5.41) is 15.7. The van der Waals surface area contributed by atoms with E-state index in [0.29, 0.717) is 6.54 Å². The van der Waals surface area contributed by atoms with Gasteiger partial charge in [-0.2, -0.15) is 0 Å². The lowest BCUT2D eigenvalue weighted by Crippen LogP contribution is -2.30. The van der Waals surface area contributed by atoms with Gasteiger partial charge in [-0.25, -0.2) is 0 Å². The van der Waals surface area contributed by atoms with Gasteiger partial charge in [-0.1, -0.05) is 48.5 Å². The number of nitrogens with one attached hydrogen (secondary N) is 3. The fourth-order valence-electron chi connectivity index (χ4n) is 3.38. The Hall–Kier alpha value is -1.98. The lowest BCUT2D eigenvalue weighted by atomic mass is 9.97. The summed E-state index contributed by atoms with van der Waals surface area (Å²) in [6.45, 7) is 6.52. The molecule has 4 heteroatoms. The number of fused-ring (bicyclic) bond motifs is 2. The first-order chi connectivity index (χ1) is 12.9. The van der Waals surface area contributed by atoms with E-state index in [4.69, 9.17) is 5.73 Å². The molecule has 0 aliphatic heterocycles. The molecule has 0 bridgehead atoms. The fourth-order valence-corrected chi connectivity index (χ4v) is 3.38. The van der Waals surface area contributed by atoms with Crippen LogP contribution in [-0.2, 0) is 6.54 Å². The molecule has 0 heterocycles. The van der Waals surface area contributed by atoms with Gasteiger partial charge in [0.05, 0.1) is 0 Å². The summed E-state index contributed by atoms with van der Waals surface area (Å²) in [4.78, 5) is 0. The lowest BCUT2D eigenvalue weighted by molar-refractivity contribution is 0.575. The molecule has 0 saturated heterocycles. The van der Waals surface area contributed by atoms with Crippen LogP contribution in [0.25, 0.3) is 21.5 Å². The maximum atomic E-state index is 5.46. The van der Waals surface area contributed by atoms with E-state index >= 15 is 0 Å². The van der Waals surface area contributed by atoms with E-state index in [1.165, 1.54) is 27.1 Å². The van der Waals surface area contributed by atoms with Crippen LogP contribution in [0.5, 0.6) is 0 Å². The van der Waals surface area contributed by atoms with Crippen molar-refractivity contribution in [3.8, 4) is 0 Å².